The Kier molecular flexibility index (Phi) is 5.36. The third kappa shape index (κ3) is 4.71. The molecule has 1 fully saturated rings. The number of pyridine rings is 1. The van der Waals surface area contributed by atoms with E-state index in [1.54, 1.807) is 35.4 Å². The van der Waals surface area contributed by atoms with E-state index in [9.17, 15) is 14.4 Å². The van der Waals surface area contributed by atoms with Crippen molar-refractivity contribution in [3.05, 3.63) is 89.4 Å². The highest BCUT2D eigenvalue weighted by Crippen LogP contribution is 2.61. The van der Waals surface area contributed by atoms with Gasteiger partial charge in [0.15, 0.2) is 0 Å². The van der Waals surface area contributed by atoms with Crippen molar-refractivity contribution < 1.29 is 26.0 Å². The van der Waals surface area contributed by atoms with Crippen LogP contribution in [0.2, 0.25) is 0 Å². The quantitative estimate of drug-likeness (QED) is 0.258. The topological polar surface area (TPSA) is 113 Å². The fourth-order valence-corrected chi connectivity index (χ4v) is 7.79. The van der Waals surface area contributed by atoms with Gasteiger partial charge in [-0.1, -0.05) is 24.7 Å². The van der Waals surface area contributed by atoms with E-state index in [1.165, 1.54) is 6.08 Å². The van der Waals surface area contributed by atoms with Crippen molar-refractivity contribution in [2.75, 3.05) is 18.4 Å². The van der Waals surface area contributed by atoms with Crippen LogP contribution >= 0.6 is 10.9 Å². The first-order valence-electron chi connectivity index (χ1n) is 15.2. The Morgan fingerprint density at radius 3 is 2.83 bits per heavy atom. The van der Waals surface area contributed by atoms with Crippen LogP contribution in [0.1, 0.15) is 30.8 Å². The predicted molar refractivity (Wildman–Crippen MR) is 154 cm³/mol. The largest absolute Gasteiger partial charge is 0.457 e. The van der Waals surface area contributed by atoms with Crippen molar-refractivity contribution in [1.29, 1.82) is 0 Å². The number of thiol groups is 1. The molecule has 3 N–H and O–H groups in total. The molecular formula is C30H29N5O4S. The lowest BCUT2D eigenvalue weighted by Crippen LogP contribution is -2.49. The number of nitrogens with zero attached hydrogens (tertiary/aromatic N) is 2. The number of piperidine rings is 1. The van der Waals surface area contributed by atoms with Gasteiger partial charge in [-0.2, -0.15) is 0 Å². The third-order valence-electron chi connectivity index (χ3n) is 6.90. The van der Waals surface area contributed by atoms with Gasteiger partial charge >= 0.3 is 6.03 Å². The van der Waals surface area contributed by atoms with Crippen LogP contribution < -0.4 is 20.7 Å². The van der Waals surface area contributed by atoms with Crippen molar-refractivity contribution >= 4 is 40.1 Å². The summed E-state index contributed by atoms with van der Waals surface area (Å²) >= 11 is 0. The molecule has 2 atom stereocenters. The molecule has 10 heteroatoms. The lowest BCUT2D eigenvalue weighted by molar-refractivity contribution is -0.128. The molecule has 2 aromatic carbocycles. The first-order valence-corrected chi connectivity index (χ1v) is 14.0. The molecule has 1 saturated heterocycles. The fourth-order valence-electron chi connectivity index (χ4n) is 5.17. The number of anilines is 1. The number of urea groups is 1. The summed E-state index contributed by atoms with van der Waals surface area (Å²) in [5.41, 5.74) is 2.26. The summed E-state index contributed by atoms with van der Waals surface area (Å²) in [5.74, 6) is -0.629. The average molecular weight is 561 g/mol. The Morgan fingerprint density at radius 2 is 2.05 bits per heavy atom. The molecule has 1 aromatic heterocycles. The number of aromatic nitrogens is 1. The minimum Gasteiger partial charge on any atom is -0.457 e. The number of carbonyl (C=O) groups excluding carboxylic acids is 3. The minimum absolute atomic E-state index is 0.201. The Balaban J connectivity index is 1.38. The molecular weight excluding hydrogens is 526 g/mol. The van der Waals surface area contributed by atoms with E-state index < -0.39 is 47.1 Å². The first kappa shape index (κ1) is 20.3. The average Bonchev–Trinajstić information content (AvgIpc) is 3.35. The van der Waals surface area contributed by atoms with Gasteiger partial charge in [-0.3, -0.25) is 14.6 Å². The number of carbonyl (C=O) groups is 3. The molecule has 4 amide bonds. The molecule has 0 saturated carbocycles. The van der Waals surface area contributed by atoms with Crippen LogP contribution in [-0.2, 0) is 9.59 Å². The van der Waals surface area contributed by atoms with Crippen molar-refractivity contribution in [3.8, 4) is 11.5 Å². The molecule has 204 valence electrons. The molecule has 40 heavy (non-hydrogen) atoms. The summed E-state index contributed by atoms with van der Waals surface area (Å²) in [4.78, 5) is 46.4. The highest BCUT2D eigenvalue weighted by atomic mass is 32.2. The second-order valence-corrected chi connectivity index (χ2v) is 11.5. The number of para-hydroxylation sites is 1. The molecule has 0 radical (unpaired) electrons. The van der Waals surface area contributed by atoms with Gasteiger partial charge in [-0.05, 0) is 67.8 Å². The van der Waals surface area contributed by atoms with Crippen LogP contribution in [0, 0.1) is 6.92 Å². The molecule has 0 spiro atoms. The molecule has 0 aliphatic carbocycles. The number of aryl methyl sites for hydroxylation is 1. The summed E-state index contributed by atoms with van der Waals surface area (Å²) in [7, 11) is -1.58. The number of rotatable bonds is 6. The van der Waals surface area contributed by atoms with Crippen molar-refractivity contribution in [1.82, 2.24) is 20.5 Å². The van der Waals surface area contributed by atoms with Crippen molar-refractivity contribution in [3.63, 3.8) is 0 Å². The summed E-state index contributed by atoms with van der Waals surface area (Å²) < 4.78 is 45.9. The fraction of sp³-hybridized carbons (Fsp3) is 0.200. The molecule has 3 aromatic rings. The van der Waals surface area contributed by atoms with Gasteiger partial charge in [0.2, 0.25) is 5.91 Å². The number of likely N-dealkylation sites (tertiary alicyclic amines) is 1. The maximum absolute atomic E-state index is 14.1. The van der Waals surface area contributed by atoms with E-state index in [4.69, 9.17) is 11.6 Å². The second kappa shape index (κ2) is 10.5. The Hall–Kier alpha value is -4.57. The van der Waals surface area contributed by atoms with Gasteiger partial charge in [0.1, 0.15) is 11.5 Å². The van der Waals surface area contributed by atoms with Gasteiger partial charge in [0, 0.05) is 30.2 Å². The lowest BCUT2D eigenvalue weighted by Gasteiger charge is -2.33. The summed E-state index contributed by atoms with van der Waals surface area (Å²) in [5, 5.41) is 9.33. The van der Waals surface area contributed by atoms with Gasteiger partial charge in [-0.25, -0.2) is 4.79 Å². The number of hydrogen-bond acceptors (Lipinski definition) is 5. The summed E-state index contributed by atoms with van der Waals surface area (Å²) in [6.45, 7) is 6.30. The number of benzene rings is 2. The number of hydrogen-bond donors (Lipinski definition) is 4. The number of amides is 4. The zero-order valence-electron chi connectivity index (χ0n) is 26.6. The Labute approximate surface area is 241 Å². The molecule has 6 rings (SSSR count). The Bertz CT molecular complexity index is 1820. The highest BCUT2D eigenvalue weighted by Gasteiger charge is 2.41. The van der Waals surface area contributed by atoms with Crippen LogP contribution in [-0.4, -0.2) is 46.9 Å². The van der Waals surface area contributed by atoms with E-state index in [2.05, 4.69) is 27.5 Å². The van der Waals surface area contributed by atoms with Gasteiger partial charge in [-0.15, -0.1) is 10.9 Å². The van der Waals surface area contributed by atoms with E-state index in [-0.39, 0.29) is 29.4 Å². The number of nitrogens with one attached hydrogen (secondary N) is 3. The van der Waals surface area contributed by atoms with Crippen LogP contribution in [0.3, 0.4) is 0 Å². The highest BCUT2D eigenvalue weighted by molar-refractivity contribution is 8.21. The van der Waals surface area contributed by atoms with E-state index in [1.807, 2.05) is 6.92 Å². The molecule has 2 unspecified atom stereocenters. The number of ether oxygens (including phenoxy) is 1. The maximum Gasteiger partial charge on any atom is 0.323 e. The van der Waals surface area contributed by atoms with E-state index in [0.29, 0.717) is 58.4 Å². The standard InChI is InChI=1S/C30H29N5O4S/c1-3-24(36)35-15-7-8-19(17-35)32-28(37)27-26-25-22(33-30(38)34-26)13-14-31-29(25)40(27)23-12-11-21(16-18(23)2)39-20-9-5-4-6-10-20/h3-6,9-14,16,19,40H,1,7-8,15,17H2,2H3,(H,32,37)(H2,33,34,38)/i4D,5D,6D,9D,10D. The summed E-state index contributed by atoms with van der Waals surface area (Å²) in [6.07, 6.45) is 4.23. The van der Waals surface area contributed by atoms with E-state index >= 15 is 0 Å². The predicted octanol–water partition coefficient (Wildman–Crippen LogP) is 4.71. The monoisotopic (exact) mass is 560 g/mol. The zero-order valence-corrected chi connectivity index (χ0v) is 22.4. The van der Waals surface area contributed by atoms with Crippen molar-refractivity contribution in [2.45, 2.75) is 35.7 Å². The second-order valence-electron chi connectivity index (χ2n) is 9.50. The van der Waals surface area contributed by atoms with Crippen LogP contribution in [0.15, 0.2) is 88.2 Å². The lowest BCUT2D eigenvalue weighted by atomic mass is 10.1. The van der Waals surface area contributed by atoms with Crippen LogP contribution in [0.4, 0.5) is 10.5 Å². The molecule has 3 aliphatic heterocycles. The molecule has 4 heterocycles. The SMILES string of the molecule is [2H]c1c([2H])c([2H])c(Oc2ccc([SH]3C(C(=O)NC4CCCN(C(=O)C=C)C4)=C4NC(=O)Nc5ccnc3c54)c(C)c2)c([2H])c1[2H]. The van der Waals surface area contributed by atoms with Crippen LogP contribution in [0.5, 0.6) is 11.5 Å². The van der Waals surface area contributed by atoms with Crippen LogP contribution in [0.25, 0.3) is 5.70 Å². The summed E-state index contributed by atoms with van der Waals surface area (Å²) in [6, 6.07) is 3.50. The smallest absolute Gasteiger partial charge is 0.323 e. The molecule has 9 nitrogen and oxygen atoms in total. The maximum atomic E-state index is 14.1. The first-order chi connectivity index (χ1) is 21.5. The molecule has 3 aliphatic rings. The minimum atomic E-state index is -1.58. The van der Waals surface area contributed by atoms with Gasteiger partial charge in [0.05, 0.1) is 33.7 Å². The van der Waals surface area contributed by atoms with Crippen molar-refractivity contribution in [2.24, 2.45) is 0 Å². The van der Waals surface area contributed by atoms with E-state index in [0.717, 1.165) is 4.90 Å². The normalized spacial score (nSPS) is 22.0. The van der Waals surface area contributed by atoms with Gasteiger partial charge < -0.3 is 25.6 Å². The third-order valence-corrected chi connectivity index (χ3v) is 9.52. The Morgan fingerprint density at radius 1 is 1.23 bits per heavy atom. The zero-order chi connectivity index (χ0) is 32.2. The molecule has 0 bridgehead atoms. The van der Waals surface area contributed by atoms with Gasteiger partial charge in [0.25, 0.3) is 5.91 Å².